The topological polar surface area (TPSA) is 373 Å². The van der Waals surface area contributed by atoms with Crippen molar-refractivity contribution in [2.24, 2.45) is 0 Å². The van der Waals surface area contributed by atoms with Gasteiger partial charge in [0.2, 0.25) is 11.8 Å². The van der Waals surface area contributed by atoms with Gasteiger partial charge in [0.15, 0.2) is 12.6 Å². The van der Waals surface area contributed by atoms with Crippen LogP contribution < -0.4 is 10.6 Å². The van der Waals surface area contributed by atoms with Gasteiger partial charge in [-0.1, -0.05) is 341 Å². The van der Waals surface area contributed by atoms with Crippen LogP contribution >= 0.6 is 0 Å². The Morgan fingerprint density at radius 2 is 0.821 bits per heavy atom. The fourth-order valence-electron chi connectivity index (χ4n) is 15.5. The summed E-state index contributed by atoms with van der Waals surface area (Å²) in [7, 11) is 0. The molecule has 18 unspecified atom stereocenters. The van der Waals surface area contributed by atoms with E-state index in [0.717, 1.165) is 51.9 Å². The van der Waals surface area contributed by atoms with Gasteiger partial charge in [0.05, 0.1) is 50.7 Å². The van der Waals surface area contributed by atoms with E-state index in [4.69, 9.17) is 28.4 Å². The molecule has 3 fully saturated rings. The van der Waals surface area contributed by atoms with Crippen molar-refractivity contribution in [3.8, 4) is 0 Å². The molecule has 3 saturated heterocycles. The van der Waals surface area contributed by atoms with Gasteiger partial charge in [-0.25, -0.2) is 4.79 Å². The third-order valence-electron chi connectivity index (χ3n) is 22.3. The molecule has 0 aliphatic carbocycles. The van der Waals surface area contributed by atoms with Crippen LogP contribution in [0.2, 0.25) is 0 Å². The van der Waals surface area contributed by atoms with Crippen molar-refractivity contribution in [1.29, 1.82) is 0 Å². The first-order valence-corrected chi connectivity index (χ1v) is 43.4. The Morgan fingerprint density at radius 1 is 0.453 bits per heavy atom. The molecule has 3 aliphatic heterocycles. The number of aliphatic hydroxyl groups is 11. The highest BCUT2D eigenvalue weighted by atomic mass is 16.8. The van der Waals surface area contributed by atoms with Gasteiger partial charge in [-0.05, 0) is 12.8 Å². The van der Waals surface area contributed by atoms with E-state index >= 15 is 0 Å². The SMILES string of the molecule is CCCCCCCCCCCCCCCCCCCCCCCCCCCCCCCCCCC(=O)NC(COC1OC(CO)C(OC2OC(CO)C(O)C(OC3(C(=O)O)CC(O)C(NC(C)=O)C(C(O)C(O)CO)O3)C2O)C(O)C1O)C(O)CCCCCCCCCCCCCCCCCCCCCC. The molecule has 14 N–H and O–H groups in total. The molecule has 23 heteroatoms. The molecule has 0 aromatic rings. The Labute approximate surface area is 639 Å². The van der Waals surface area contributed by atoms with Crippen LogP contribution in [0.25, 0.3) is 0 Å². The number of ether oxygens (including phenoxy) is 6. The van der Waals surface area contributed by atoms with Crippen molar-refractivity contribution in [1.82, 2.24) is 10.6 Å². The van der Waals surface area contributed by atoms with Crippen LogP contribution in [0.3, 0.4) is 0 Å². The normalized spacial score (nSPS) is 26.0. The van der Waals surface area contributed by atoms with Crippen molar-refractivity contribution < 1.29 is 104 Å². The van der Waals surface area contributed by atoms with Gasteiger partial charge in [0.1, 0.15) is 67.1 Å². The van der Waals surface area contributed by atoms with E-state index in [0.29, 0.717) is 19.3 Å². The molecule has 3 rings (SSSR count). The predicted octanol–water partition coefficient (Wildman–Crippen LogP) is 12.8. The van der Waals surface area contributed by atoms with E-state index in [2.05, 4.69) is 24.5 Å². The van der Waals surface area contributed by atoms with Crippen LogP contribution in [0, 0.1) is 0 Å². The number of hydrogen-bond donors (Lipinski definition) is 14. The lowest BCUT2D eigenvalue weighted by molar-refractivity contribution is -0.386. The van der Waals surface area contributed by atoms with Crippen molar-refractivity contribution in [3.05, 3.63) is 0 Å². The van der Waals surface area contributed by atoms with Crippen molar-refractivity contribution in [3.63, 3.8) is 0 Å². The van der Waals surface area contributed by atoms with Crippen LogP contribution in [0.15, 0.2) is 0 Å². The van der Waals surface area contributed by atoms with Gasteiger partial charge < -0.3 is 100 Å². The maximum atomic E-state index is 13.6. The molecule has 2 amide bonds. The highest BCUT2D eigenvalue weighted by Crippen LogP contribution is 2.39. The fraction of sp³-hybridized carbons (Fsp3) is 0.964. The second-order valence-corrected chi connectivity index (χ2v) is 31.8. The van der Waals surface area contributed by atoms with Gasteiger partial charge in [0.25, 0.3) is 5.79 Å². The maximum absolute atomic E-state index is 13.6. The molecule has 23 nitrogen and oxygen atoms in total. The minimum atomic E-state index is -3.08. The number of aliphatic hydroxyl groups excluding tert-OH is 11. The van der Waals surface area contributed by atoms with E-state index in [1.807, 2.05) is 0 Å². The number of carbonyl (C=O) groups excluding carboxylic acids is 2. The molecular formula is C83H158N2O21. The summed E-state index contributed by atoms with van der Waals surface area (Å²) in [5.41, 5.74) is 0. The van der Waals surface area contributed by atoms with Gasteiger partial charge in [-0.3, -0.25) is 9.59 Å². The smallest absolute Gasteiger partial charge is 0.364 e. The number of hydrogen-bond acceptors (Lipinski definition) is 20. The second-order valence-electron chi connectivity index (χ2n) is 31.8. The largest absolute Gasteiger partial charge is 0.477 e. The molecular weight excluding hydrogens is 1360 g/mol. The van der Waals surface area contributed by atoms with Gasteiger partial charge in [-0.2, -0.15) is 0 Å². The number of aliphatic carboxylic acids is 1. The molecule has 0 spiro atoms. The average Bonchev–Trinajstić information content (AvgIpc) is 0.754. The van der Waals surface area contributed by atoms with Crippen LogP contribution in [-0.2, 0) is 42.8 Å². The highest BCUT2D eigenvalue weighted by Gasteiger charge is 2.60. The Morgan fingerprint density at radius 3 is 1.18 bits per heavy atom. The van der Waals surface area contributed by atoms with E-state index in [1.165, 1.54) is 276 Å². The lowest BCUT2D eigenvalue weighted by Crippen LogP contribution is -2.70. The number of carbonyl (C=O) groups is 3. The van der Waals surface area contributed by atoms with E-state index in [1.54, 1.807) is 0 Å². The molecule has 106 heavy (non-hydrogen) atoms. The minimum Gasteiger partial charge on any atom is -0.477 e. The first-order chi connectivity index (χ1) is 51.4. The standard InChI is InChI=1S/C83H158N2O21/c1-4-6-8-10-12-14-16-18-20-22-24-26-27-28-29-30-31-32-33-34-35-36-37-39-41-43-45-47-49-51-53-55-57-70(93)85-64(65(90)56-54-52-50-48-46-44-42-40-38-25-23-21-19-17-15-13-11-9-7-5-2)62-101-80-75(97)74(96)77(69(61-88)103-80)104-81-76(98)79(73(95)68(60-87)102-81)106-83(82(99)100)58-66(91)71(84-63(3)89)78(105-83)72(94)67(92)59-86/h64-69,71-81,86-88,90-92,94-98H,4-62H2,1-3H3,(H,84,89)(H,85,93)(H,99,100). The molecule has 3 aliphatic rings. The molecule has 3 heterocycles. The molecule has 0 radical (unpaired) electrons. The summed E-state index contributed by atoms with van der Waals surface area (Å²) in [6.45, 7) is 2.28. The number of rotatable bonds is 70. The van der Waals surface area contributed by atoms with Crippen LogP contribution in [-0.4, -0.2) is 215 Å². The molecule has 0 aromatic heterocycles. The number of carboxylic acid groups (broad SMARTS) is 1. The van der Waals surface area contributed by atoms with E-state index in [9.17, 15) is 75.7 Å². The monoisotopic (exact) mass is 1520 g/mol. The molecule has 18 atom stereocenters. The first-order valence-electron chi connectivity index (χ1n) is 43.4. The molecule has 626 valence electrons. The third kappa shape index (κ3) is 41.5. The van der Waals surface area contributed by atoms with E-state index in [-0.39, 0.29) is 18.9 Å². The Kier molecular flexibility index (Phi) is 57.5. The second kappa shape index (κ2) is 62.2. The zero-order valence-corrected chi connectivity index (χ0v) is 66.6. The van der Waals surface area contributed by atoms with Gasteiger partial charge in [-0.15, -0.1) is 0 Å². The summed E-state index contributed by atoms with van der Waals surface area (Å²) < 4.78 is 35.0. The molecule has 0 aromatic carbocycles. The Hall–Kier alpha value is -2.27. The van der Waals surface area contributed by atoms with Crippen LogP contribution in [0.5, 0.6) is 0 Å². The quantitative estimate of drug-likeness (QED) is 0.0252. The zero-order chi connectivity index (χ0) is 77.4. The molecule has 0 saturated carbocycles. The summed E-state index contributed by atoms with van der Waals surface area (Å²) in [5.74, 6) is -6.08. The maximum Gasteiger partial charge on any atom is 0.364 e. The fourth-order valence-corrected chi connectivity index (χ4v) is 15.5. The average molecular weight is 1520 g/mol. The lowest BCUT2D eigenvalue weighted by Gasteiger charge is -2.50. The summed E-state index contributed by atoms with van der Waals surface area (Å²) in [6, 6.07) is -2.53. The minimum absolute atomic E-state index is 0.230. The summed E-state index contributed by atoms with van der Waals surface area (Å²) in [6.07, 6.45) is 38.2. The highest BCUT2D eigenvalue weighted by molar-refractivity contribution is 5.77. The predicted molar refractivity (Wildman–Crippen MR) is 412 cm³/mol. The van der Waals surface area contributed by atoms with Crippen LogP contribution in [0.4, 0.5) is 0 Å². The van der Waals surface area contributed by atoms with Gasteiger partial charge in [0, 0.05) is 19.8 Å². The zero-order valence-electron chi connectivity index (χ0n) is 66.6. The third-order valence-corrected chi connectivity index (χ3v) is 22.3. The summed E-state index contributed by atoms with van der Waals surface area (Å²) in [4.78, 5) is 38.8. The van der Waals surface area contributed by atoms with Gasteiger partial charge >= 0.3 is 5.97 Å². The first kappa shape index (κ1) is 97.9. The number of carboxylic acids is 1. The van der Waals surface area contributed by atoms with Crippen LogP contribution in [0.1, 0.15) is 374 Å². The van der Waals surface area contributed by atoms with Crippen molar-refractivity contribution >= 4 is 17.8 Å². The Bertz CT molecular complexity index is 2110. The summed E-state index contributed by atoms with van der Waals surface area (Å²) in [5, 5.41) is 137. The number of nitrogens with one attached hydrogen (secondary N) is 2. The number of amides is 2. The van der Waals surface area contributed by atoms with Crippen molar-refractivity contribution in [2.45, 2.75) is 484 Å². The summed E-state index contributed by atoms with van der Waals surface area (Å²) >= 11 is 0. The molecule has 0 bridgehead atoms. The van der Waals surface area contributed by atoms with Crippen molar-refractivity contribution in [2.75, 3.05) is 26.4 Å². The van der Waals surface area contributed by atoms with E-state index < -0.39 is 148 Å². The lowest BCUT2D eigenvalue weighted by atomic mass is 9.88. The Balaban J connectivity index is 1.45. The number of unbranched alkanes of at least 4 members (excludes halogenated alkanes) is 50.